The van der Waals surface area contributed by atoms with E-state index in [2.05, 4.69) is 0 Å². The maximum absolute atomic E-state index is 14.2. The van der Waals surface area contributed by atoms with Crippen LogP contribution in [0.3, 0.4) is 0 Å². The van der Waals surface area contributed by atoms with E-state index in [0.29, 0.717) is 0 Å². The molecule has 8 nitrogen and oxygen atoms in total. The highest BCUT2D eigenvalue weighted by Crippen LogP contribution is 2.75. The van der Waals surface area contributed by atoms with Gasteiger partial charge in [0.05, 0.1) is 18.2 Å². The van der Waals surface area contributed by atoms with Crippen molar-refractivity contribution in [3.63, 3.8) is 0 Å². The van der Waals surface area contributed by atoms with Gasteiger partial charge in [-0.2, -0.15) is 0 Å². The lowest BCUT2D eigenvalue weighted by Crippen LogP contribution is -2.45. The Bertz CT molecular complexity index is 1250. The number of benzene rings is 2. The van der Waals surface area contributed by atoms with Gasteiger partial charge in [0.1, 0.15) is 16.8 Å². The number of nitrogens with zero attached hydrogens (tertiary/aromatic N) is 1. The number of fused-ring (bicyclic) bond motifs is 2. The third kappa shape index (κ3) is 3.23. The van der Waals surface area contributed by atoms with Gasteiger partial charge in [0.25, 0.3) is 0 Å². The van der Waals surface area contributed by atoms with Crippen LogP contribution < -0.4 is 4.90 Å². The molecule has 1 aliphatic carbocycles. The zero-order chi connectivity index (χ0) is 25.8. The molecule has 0 aromatic heterocycles. The van der Waals surface area contributed by atoms with E-state index in [9.17, 15) is 24.0 Å². The molecule has 1 fully saturated rings. The number of rotatable bonds is 5. The van der Waals surface area contributed by atoms with Gasteiger partial charge in [-0.3, -0.25) is 19.2 Å². The smallest absolute Gasteiger partial charge is 0.421 e. The van der Waals surface area contributed by atoms with Crippen molar-refractivity contribution < 1.29 is 33.4 Å². The molecular formula is C27H27NO7. The average molecular weight is 478 g/mol. The molecule has 35 heavy (non-hydrogen) atoms. The Morgan fingerprint density at radius 2 is 1.57 bits per heavy atom. The van der Waals surface area contributed by atoms with Crippen LogP contribution in [0.15, 0.2) is 54.6 Å². The van der Waals surface area contributed by atoms with Crippen LogP contribution in [0.1, 0.15) is 50.5 Å². The molecule has 2 aliphatic rings. The predicted octanol–water partition coefficient (Wildman–Crippen LogP) is 3.86. The quantitative estimate of drug-likeness (QED) is 0.366. The van der Waals surface area contributed by atoms with E-state index in [1.165, 1.54) is 13.0 Å². The molecule has 0 radical (unpaired) electrons. The van der Waals surface area contributed by atoms with E-state index >= 15 is 0 Å². The fourth-order valence-corrected chi connectivity index (χ4v) is 5.34. The van der Waals surface area contributed by atoms with Gasteiger partial charge >= 0.3 is 12.1 Å². The molecule has 3 atom stereocenters. The van der Waals surface area contributed by atoms with E-state index < -0.39 is 51.9 Å². The highest BCUT2D eigenvalue weighted by atomic mass is 16.6. The number of hydrogen-bond acceptors (Lipinski definition) is 7. The number of imide groups is 1. The number of amides is 2. The van der Waals surface area contributed by atoms with Crippen molar-refractivity contribution in [2.45, 2.75) is 45.6 Å². The maximum Gasteiger partial charge on any atom is 0.421 e. The van der Waals surface area contributed by atoms with Gasteiger partial charge < -0.3 is 9.47 Å². The summed E-state index contributed by atoms with van der Waals surface area (Å²) in [5.74, 6) is -4.43. The van der Waals surface area contributed by atoms with Gasteiger partial charge in [-0.25, -0.2) is 9.69 Å². The Kier molecular flexibility index (Phi) is 5.66. The van der Waals surface area contributed by atoms with Gasteiger partial charge in [-0.1, -0.05) is 48.5 Å². The van der Waals surface area contributed by atoms with E-state index in [1.807, 2.05) is 0 Å². The largest absolute Gasteiger partial charge is 0.465 e. The Morgan fingerprint density at radius 3 is 2.14 bits per heavy atom. The molecule has 0 saturated heterocycles. The molecule has 8 heteroatoms. The normalized spacial score (nSPS) is 24.7. The topological polar surface area (TPSA) is 107 Å². The first kappa shape index (κ1) is 24.3. The number of ether oxygens (including phenoxy) is 2. The first-order valence-electron chi connectivity index (χ1n) is 11.4. The number of carbonyl (C=O) groups excluding carboxylic acids is 5. The second-order valence-electron chi connectivity index (χ2n) is 9.69. The van der Waals surface area contributed by atoms with E-state index in [4.69, 9.17) is 9.47 Å². The summed E-state index contributed by atoms with van der Waals surface area (Å²) >= 11 is 0. The number of para-hydroxylation sites is 1. The van der Waals surface area contributed by atoms with Crippen molar-refractivity contribution in [3.8, 4) is 0 Å². The predicted molar refractivity (Wildman–Crippen MR) is 126 cm³/mol. The van der Waals surface area contributed by atoms with E-state index in [0.717, 1.165) is 4.90 Å². The fraction of sp³-hybridized carbons (Fsp3) is 0.370. The van der Waals surface area contributed by atoms with Gasteiger partial charge in [0.2, 0.25) is 5.91 Å². The number of hydrogen-bond donors (Lipinski definition) is 0. The zero-order valence-corrected chi connectivity index (χ0v) is 20.3. The van der Waals surface area contributed by atoms with Crippen LogP contribution in [-0.4, -0.2) is 41.7 Å². The summed E-state index contributed by atoms with van der Waals surface area (Å²) < 4.78 is 10.7. The van der Waals surface area contributed by atoms with Gasteiger partial charge in [0, 0.05) is 5.56 Å². The van der Waals surface area contributed by atoms with Crippen LogP contribution in [0, 0.1) is 11.3 Å². The lowest BCUT2D eigenvalue weighted by atomic mass is 9.84. The van der Waals surface area contributed by atoms with Crippen molar-refractivity contribution in [2.75, 3.05) is 11.5 Å². The van der Waals surface area contributed by atoms with Crippen LogP contribution in [0.5, 0.6) is 0 Å². The molecule has 1 aliphatic heterocycles. The molecular weight excluding hydrogens is 450 g/mol. The van der Waals surface area contributed by atoms with Crippen molar-refractivity contribution >= 4 is 35.2 Å². The van der Waals surface area contributed by atoms with Gasteiger partial charge in [-0.05, 0) is 46.2 Å². The average Bonchev–Trinajstić information content (AvgIpc) is 3.37. The van der Waals surface area contributed by atoms with E-state index in [-0.39, 0.29) is 23.4 Å². The van der Waals surface area contributed by atoms with Crippen LogP contribution in [0.25, 0.3) is 0 Å². The Hall–Kier alpha value is -3.81. The van der Waals surface area contributed by atoms with Crippen LogP contribution in [0.2, 0.25) is 0 Å². The number of esters is 1. The van der Waals surface area contributed by atoms with Crippen LogP contribution in [-0.2, 0) is 29.3 Å². The number of Topliss-reactive ketones (excluding diaryl/α,β-unsaturated/α-hetero) is 2. The minimum Gasteiger partial charge on any atom is -0.465 e. The first-order valence-corrected chi connectivity index (χ1v) is 11.4. The third-order valence-electron chi connectivity index (χ3n) is 6.56. The highest BCUT2D eigenvalue weighted by Gasteiger charge is 2.92. The molecule has 4 rings (SSSR count). The number of anilines is 1. The summed E-state index contributed by atoms with van der Waals surface area (Å²) in [6.07, 6.45) is -0.953. The molecule has 182 valence electrons. The lowest BCUT2D eigenvalue weighted by molar-refractivity contribution is -0.155. The molecule has 0 N–H and O–H groups in total. The molecule has 2 aromatic rings. The monoisotopic (exact) mass is 477 g/mol. The zero-order valence-electron chi connectivity index (χ0n) is 20.3. The molecule has 0 unspecified atom stereocenters. The third-order valence-corrected chi connectivity index (χ3v) is 6.56. The van der Waals surface area contributed by atoms with Crippen molar-refractivity contribution in [3.05, 3.63) is 65.7 Å². The summed E-state index contributed by atoms with van der Waals surface area (Å²) in [5.41, 5.74) is -4.29. The second-order valence-corrected chi connectivity index (χ2v) is 9.69. The van der Waals surface area contributed by atoms with Crippen LogP contribution in [0.4, 0.5) is 10.5 Å². The standard InChI is InChI=1S/C27H27NO7/c1-6-34-23(32)26(16(2)29)21(20(30)17-12-8-7-9-13-17)27(26)18-14-10-11-15-19(18)28(22(27)31)24(33)35-25(3,4)5/h7-15,21H,6H2,1-5H3/t21-,26+,27-/m1/s1. The fourth-order valence-electron chi connectivity index (χ4n) is 5.34. The minimum atomic E-state index is -2.11. The van der Waals surface area contributed by atoms with Crippen molar-refractivity contribution in [2.24, 2.45) is 11.3 Å². The Balaban J connectivity index is 1.98. The molecule has 1 spiro atoms. The maximum atomic E-state index is 14.2. The SMILES string of the molecule is CCOC(=O)[C@]1(C(C)=O)[C@@H](C(=O)c2ccccc2)[C@]12C(=O)N(C(=O)OC(C)(C)C)c1ccccc12. The van der Waals surface area contributed by atoms with Gasteiger partial charge in [-0.15, -0.1) is 0 Å². The van der Waals surface area contributed by atoms with Gasteiger partial charge in [0.15, 0.2) is 11.2 Å². The summed E-state index contributed by atoms with van der Waals surface area (Å²) in [5, 5.41) is 0. The highest BCUT2D eigenvalue weighted by molar-refractivity contribution is 6.33. The van der Waals surface area contributed by atoms with Crippen molar-refractivity contribution in [1.82, 2.24) is 0 Å². The Morgan fingerprint density at radius 1 is 0.971 bits per heavy atom. The second kappa shape index (κ2) is 8.15. The summed E-state index contributed by atoms with van der Waals surface area (Å²) in [6, 6.07) is 14.5. The summed E-state index contributed by atoms with van der Waals surface area (Å²) in [7, 11) is 0. The van der Waals surface area contributed by atoms with Crippen molar-refractivity contribution in [1.29, 1.82) is 0 Å². The number of ketones is 2. The molecule has 2 aromatic carbocycles. The summed E-state index contributed by atoms with van der Waals surface area (Å²) in [6.45, 7) is 7.66. The molecule has 0 bridgehead atoms. The van der Waals surface area contributed by atoms with Crippen LogP contribution >= 0.6 is 0 Å². The number of carbonyl (C=O) groups is 5. The molecule has 1 heterocycles. The van der Waals surface area contributed by atoms with E-state index in [1.54, 1.807) is 76.2 Å². The first-order chi connectivity index (χ1) is 16.5. The Labute approximate surface area is 203 Å². The lowest BCUT2D eigenvalue weighted by Gasteiger charge is -2.24. The minimum absolute atomic E-state index is 0.0538. The molecule has 1 saturated carbocycles. The molecule has 2 amide bonds. The summed E-state index contributed by atoms with van der Waals surface area (Å²) in [4.78, 5) is 68.7.